The highest BCUT2D eigenvalue weighted by Gasteiger charge is 2.69. The fraction of sp³-hybridized carbons (Fsp3) is 0.385. The van der Waals surface area contributed by atoms with Crippen LogP contribution in [0, 0.1) is 5.41 Å². The molecule has 1 fully saturated rings. The van der Waals surface area contributed by atoms with Gasteiger partial charge in [-0.2, -0.15) is 8.75 Å². The van der Waals surface area contributed by atoms with Crippen molar-refractivity contribution in [2.45, 2.75) is 17.7 Å². The van der Waals surface area contributed by atoms with Crippen molar-refractivity contribution >= 4 is 63.5 Å². The van der Waals surface area contributed by atoms with Gasteiger partial charge in [-0.1, -0.05) is 6.07 Å². The number of amides is 1. The third kappa shape index (κ3) is 2.64. The van der Waals surface area contributed by atoms with Crippen molar-refractivity contribution < 1.29 is 14.3 Å². The lowest BCUT2D eigenvalue weighted by Gasteiger charge is -2.11. The van der Waals surface area contributed by atoms with E-state index in [-0.39, 0.29) is 0 Å². The van der Waals surface area contributed by atoms with Crippen molar-refractivity contribution in [2.75, 3.05) is 11.9 Å². The van der Waals surface area contributed by atoms with Gasteiger partial charge in [-0.15, -0.1) is 23.2 Å². The highest BCUT2D eigenvalue weighted by Crippen LogP contribution is 2.64. The number of benzene rings is 1. The van der Waals surface area contributed by atoms with Crippen LogP contribution in [-0.2, 0) is 14.3 Å². The van der Waals surface area contributed by atoms with Gasteiger partial charge >= 0.3 is 5.97 Å². The zero-order valence-corrected chi connectivity index (χ0v) is 13.8. The maximum Gasteiger partial charge on any atom is 0.315 e. The van der Waals surface area contributed by atoms with Crippen LogP contribution in [0.4, 0.5) is 5.69 Å². The summed E-state index contributed by atoms with van der Waals surface area (Å²) in [6.07, 6.45) is 0.313. The summed E-state index contributed by atoms with van der Waals surface area (Å²) in [5, 5.41) is 2.64. The van der Waals surface area contributed by atoms with Gasteiger partial charge in [0, 0.05) is 6.42 Å². The van der Waals surface area contributed by atoms with Gasteiger partial charge in [0.05, 0.1) is 17.4 Å². The number of esters is 1. The molecule has 1 aliphatic carbocycles. The minimum Gasteiger partial charge on any atom is -0.455 e. The van der Waals surface area contributed by atoms with Crippen LogP contribution in [-0.4, -0.2) is 31.6 Å². The van der Waals surface area contributed by atoms with Gasteiger partial charge in [-0.25, -0.2) is 0 Å². The molecule has 0 saturated heterocycles. The second-order valence-electron chi connectivity index (χ2n) is 5.28. The Kier molecular flexibility index (Phi) is 3.74. The molecule has 1 heterocycles. The molecule has 1 N–H and O–H groups in total. The van der Waals surface area contributed by atoms with E-state index >= 15 is 0 Å². The third-order valence-electron chi connectivity index (χ3n) is 3.60. The molecule has 6 nitrogen and oxygen atoms in total. The molecule has 1 aromatic carbocycles. The van der Waals surface area contributed by atoms with Gasteiger partial charge in [-0.3, -0.25) is 9.59 Å². The molecule has 22 heavy (non-hydrogen) atoms. The summed E-state index contributed by atoms with van der Waals surface area (Å²) in [5.41, 5.74) is 0.866. The number of alkyl halides is 2. The molecule has 0 unspecified atom stereocenters. The number of nitrogens with zero attached hydrogens (tertiary/aromatic N) is 2. The maximum absolute atomic E-state index is 11.9. The van der Waals surface area contributed by atoms with Crippen LogP contribution in [0.3, 0.4) is 0 Å². The lowest BCUT2D eigenvalue weighted by atomic mass is 10.1. The van der Waals surface area contributed by atoms with Crippen molar-refractivity contribution in [3.8, 4) is 0 Å². The summed E-state index contributed by atoms with van der Waals surface area (Å²) in [6, 6.07) is 5.25. The third-order valence-corrected chi connectivity index (χ3v) is 5.25. The van der Waals surface area contributed by atoms with Crippen LogP contribution in [0.1, 0.15) is 13.3 Å². The Labute approximate surface area is 140 Å². The normalized spacial score (nSPS) is 22.3. The minimum absolute atomic E-state index is 0.313. The fourth-order valence-corrected chi connectivity index (χ4v) is 3.24. The molecular formula is C13H11Cl2N3O3S. The molecule has 1 aromatic heterocycles. The lowest BCUT2D eigenvalue weighted by Crippen LogP contribution is -2.26. The highest BCUT2D eigenvalue weighted by atomic mass is 35.5. The number of fused-ring (bicyclic) bond motifs is 1. The number of ether oxygens (including phenoxy) is 1. The molecule has 0 spiro atoms. The maximum atomic E-state index is 11.9. The van der Waals surface area contributed by atoms with Gasteiger partial charge < -0.3 is 10.1 Å². The minimum atomic E-state index is -1.11. The molecule has 9 heteroatoms. The standard InChI is InChI=1S/C13H11Cl2N3O3S/c1-12(6-13(12,14)15)11(20)21-5-9(19)16-7-3-2-4-8-10(7)18-22-17-8/h2-4H,5-6H2,1H3,(H,16,19)/t12-/m0/s1. The molecule has 0 radical (unpaired) electrons. The predicted octanol–water partition coefficient (Wildman–Crippen LogP) is 2.76. The molecule has 1 aliphatic rings. The smallest absolute Gasteiger partial charge is 0.315 e. The van der Waals surface area contributed by atoms with E-state index in [1.807, 2.05) is 0 Å². The number of hydrogen-bond donors (Lipinski definition) is 1. The van der Waals surface area contributed by atoms with Crippen LogP contribution in [0.5, 0.6) is 0 Å². The number of aromatic nitrogens is 2. The topological polar surface area (TPSA) is 81.2 Å². The Morgan fingerprint density at radius 1 is 1.41 bits per heavy atom. The fourth-order valence-electron chi connectivity index (χ4n) is 2.01. The summed E-state index contributed by atoms with van der Waals surface area (Å²) in [6.45, 7) is 1.20. The summed E-state index contributed by atoms with van der Waals surface area (Å²) < 4.78 is 12.1. The van der Waals surface area contributed by atoms with E-state index in [9.17, 15) is 9.59 Å². The predicted molar refractivity (Wildman–Crippen MR) is 84.2 cm³/mol. The molecular weight excluding hydrogens is 349 g/mol. The monoisotopic (exact) mass is 359 g/mol. The van der Waals surface area contributed by atoms with Crippen molar-refractivity contribution in [3.63, 3.8) is 0 Å². The molecule has 1 atom stereocenters. The van der Waals surface area contributed by atoms with E-state index < -0.39 is 28.2 Å². The van der Waals surface area contributed by atoms with Gasteiger partial charge in [-0.05, 0) is 19.1 Å². The zero-order chi connectivity index (χ0) is 16.0. The Balaban J connectivity index is 1.60. The second kappa shape index (κ2) is 5.33. The molecule has 2 aromatic rings. The van der Waals surface area contributed by atoms with Crippen LogP contribution in [0.2, 0.25) is 0 Å². The molecule has 3 rings (SSSR count). The quantitative estimate of drug-likeness (QED) is 0.670. The first-order valence-electron chi connectivity index (χ1n) is 6.40. The lowest BCUT2D eigenvalue weighted by molar-refractivity contribution is -0.152. The van der Waals surface area contributed by atoms with Crippen LogP contribution in [0.15, 0.2) is 18.2 Å². The number of hydrogen-bond acceptors (Lipinski definition) is 6. The number of nitrogens with one attached hydrogen (secondary N) is 1. The molecule has 0 aliphatic heterocycles. The summed E-state index contributed by atoms with van der Waals surface area (Å²) in [5.74, 6) is -1.05. The van der Waals surface area contributed by atoms with Gasteiger partial charge in [0.1, 0.15) is 20.8 Å². The number of rotatable bonds is 4. The molecule has 116 valence electrons. The van der Waals surface area contributed by atoms with Crippen molar-refractivity contribution in [3.05, 3.63) is 18.2 Å². The average Bonchev–Trinajstić information content (AvgIpc) is 2.83. The van der Waals surface area contributed by atoms with E-state index in [2.05, 4.69) is 14.1 Å². The number of halogens is 2. The van der Waals surface area contributed by atoms with Gasteiger partial charge in [0.2, 0.25) is 0 Å². The first-order chi connectivity index (χ1) is 10.3. The van der Waals surface area contributed by atoms with Crippen molar-refractivity contribution in [1.82, 2.24) is 8.75 Å². The summed E-state index contributed by atoms with van der Waals surface area (Å²) in [4.78, 5) is 23.8. The largest absolute Gasteiger partial charge is 0.455 e. The second-order valence-corrected chi connectivity index (χ2v) is 7.29. The number of carbonyl (C=O) groups is 2. The van der Waals surface area contributed by atoms with E-state index in [1.165, 1.54) is 0 Å². The SMILES string of the molecule is C[C@@]1(C(=O)OCC(=O)Nc2cccc3nsnc23)CC1(Cl)Cl. The summed E-state index contributed by atoms with van der Waals surface area (Å²) >= 11 is 12.8. The Hall–Kier alpha value is -1.44. The summed E-state index contributed by atoms with van der Waals surface area (Å²) in [7, 11) is 0. The first kappa shape index (κ1) is 15.5. The highest BCUT2D eigenvalue weighted by molar-refractivity contribution is 7.00. The molecule has 1 saturated carbocycles. The van der Waals surface area contributed by atoms with Gasteiger partial charge in [0.15, 0.2) is 6.61 Å². The molecule has 0 bridgehead atoms. The van der Waals surface area contributed by atoms with Gasteiger partial charge in [0.25, 0.3) is 5.91 Å². The average molecular weight is 360 g/mol. The van der Waals surface area contributed by atoms with Crippen LogP contribution in [0.25, 0.3) is 11.0 Å². The number of anilines is 1. The van der Waals surface area contributed by atoms with Crippen LogP contribution < -0.4 is 5.32 Å². The Bertz CT molecular complexity index is 764. The van der Waals surface area contributed by atoms with E-state index in [0.29, 0.717) is 23.1 Å². The Morgan fingerprint density at radius 3 is 2.82 bits per heavy atom. The van der Waals surface area contributed by atoms with E-state index in [1.54, 1.807) is 25.1 Å². The van der Waals surface area contributed by atoms with Crippen LogP contribution >= 0.6 is 34.9 Å². The van der Waals surface area contributed by atoms with Crippen molar-refractivity contribution in [1.29, 1.82) is 0 Å². The first-order valence-corrected chi connectivity index (χ1v) is 7.88. The van der Waals surface area contributed by atoms with E-state index in [4.69, 9.17) is 27.9 Å². The number of carbonyl (C=O) groups excluding carboxylic acids is 2. The molecule has 1 amide bonds. The zero-order valence-electron chi connectivity index (χ0n) is 11.4. The van der Waals surface area contributed by atoms with Crippen molar-refractivity contribution in [2.24, 2.45) is 5.41 Å². The van der Waals surface area contributed by atoms with E-state index in [0.717, 1.165) is 11.7 Å². The Morgan fingerprint density at radius 2 is 2.14 bits per heavy atom.